The predicted octanol–water partition coefficient (Wildman–Crippen LogP) is -1.30. The van der Waals surface area contributed by atoms with E-state index in [1.54, 1.807) is 0 Å². The number of hydrogen-bond acceptors (Lipinski definition) is 11. The van der Waals surface area contributed by atoms with E-state index in [-0.39, 0.29) is 41.0 Å². The summed E-state index contributed by atoms with van der Waals surface area (Å²) in [6.45, 7) is 0.929. The van der Waals surface area contributed by atoms with Gasteiger partial charge in [0, 0.05) is 24.4 Å². The van der Waals surface area contributed by atoms with E-state index in [0.717, 1.165) is 4.90 Å². The number of oxime groups is 1. The number of amides is 3. The average molecular weight is 478 g/mol. The molecule has 33 heavy (non-hydrogen) atoms. The number of β-lactam (4-membered cyclic amide) rings is 1. The van der Waals surface area contributed by atoms with Gasteiger partial charge in [-0.1, -0.05) is 5.16 Å². The van der Waals surface area contributed by atoms with Crippen LogP contribution < -0.4 is 10.6 Å². The fourth-order valence-electron chi connectivity index (χ4n) is 3.08. The number of carboxylic acids is 1. The van der Waals surface area contributed by atoms with E-state index in [1.807, 2.05) is 0 Å². The highest BCUT2D eigenvalue weighted by Gasteiger charge is 2.54. The van der Waals surface area contributed by atoms with E-state index >= 15 is 0 Å². The molecule has 14 nitrogen and oxygen atoms in total. The van der Waals surface area contributed by atoms with Crippen molar-refractivity contribution in [1.29, 1.82) is 0 Å². The fraction of sp³-hybridized carbons (Fsp3) is 0.333. The van der Waals surface area contributed by atoms with Crippen LogP contribution in [0.1, 0.15) is 12.7 Å². The molecule has 1 fully saturated rings. The van der Waals surface area contributed by atoms with Crippen molar-refractivity contribution in [3.63, 3.8) is 0 Å². The van der Waals surface area contributed by atoms with Gasteiger partial charge < -0.3 is 25.3 Å². The van der Waals surface area contributed by atoms with Crippen molar-refractivity contribution in [1.82, 2.24) is 20.2 Å². The van der Waals surface area contributed by atoms with E-state index in [2.05, 4.69) is 30.6 Å². The zero-order valence-corrected chi connectivity index (χ0v) is 18.1. The van der Waals surface area contributed by atoms with Crippen molar-refractivity contribution in [2.24, 2.45) is 5.16 Å². The SMILES string of the molecule is CO/N=C(\C(=O)NC1C(=O)N2C(C(=O)O)=C(COC(C)=O)CS[C@H]12)c1nccc(NC=O)n1. The minimum atomic E-state index is -1.35. The van der Waals surface area contributed by atoms with Crippen LogP contribution in [-0.2, 0) is 33.5 Å². The summed E-state index contributed by atoms with van der Waals surface area (Å²) in [4.78, 5) is 72.7. The number of carboxylic acid groups (broad SMARTS) is 1. The molecule has 15 heteroatoms. The van der Waals surface area contributed by atoms with Crippen molar-refractivity contribution < 1.29 is 38.7 Å². The molecule has 0 bridgehead atoms. The van der Waals surface area contributed by atoms with Gasteiger partial charge in [-0.05, 0) is 6.07 Å². The number of carbonyl (C=O) groups is 5. The number of thioether (sulfide) groups is 1. The summed E-state index contributed by atoms with van der Waals surface area (Å²) < 4.78 is 4.88. The molecule has 0 aromatic carbocycles. The van der Waals surface area contributed by atoms with Gasteiger partial charge in [0.1, 0.15) is 36.6 Å². The normalized spacial score (nSPS) is 19.8. The van der Waals surface area contributed by atoms with E-state index in [1.165, 1.54) is 38.1 Å². The maximum Gasteiger partial charge on any atom is 0.352 e. The summed E-state index contributed by atoms with van der Waals surface area (Å²) in [5.41, 5.74) is -0.368. The van der Waals surface area contributed by atoms with Crippen LogP contribution in [0.4, 0.5) is 5.82 Å². The minimum absolute atomic E-state index is 0.108. The largest absolute Gasteiger partial charge is 0.477 e. The first kappa shape index (κ1) is 23.6. The maximum atomic E-state index is 12.8. The van der Waals surface area contributed by atoms with Crippen LogP contribution in [0.3, 0.4) is 0 Å². The van der Waals surface area contributed by atoms with Crippen LogP contribution >= 0.6 is 11.8 Å². The zero-order chi connectivity index (χ0) is 24.1. The molecule has 0 radical (unpaired) electrons. The van der Waals surface area contributed by atoms with Crippen LogP contribution in [0, 0.1) is 0 Å². The lowest BCUT2D eigenvalue weighted by Gasteiger charge is -2.49. The Bertz CT molecular complexity index is 1070. The highest BCUT2D eigenvalue weighted by molar-refractivity contribution is 8.00. The quantitative estimate of drug-likeness (QED) is 0.126. The summed E-state index contributed by atoms with van der Waals surface area (Å²) in [6, 6.07) is 0.338. The number of esters is 1. The van der Waals surface area contributed by atoms with Crippen molar-refractivity contribution in [2.75, 3.05) is 24.8 Å². The van der Waals surface area contributed by atoms with Crippen LogP contribution in [0.25, 0.3) is 0 Å². The molecule has 2 aliphatic rings. The van der Waals surface area contributed by atoms with Gasteiger partial charge in [-0.3, -0.25) is 24.1 Å². The van der Waals surface area contributed by atoms with Gasteiger partial charge >= 0.3 is 11.9 Å². The summed E-state index contributed by atoms with van der Waals surface area (Å²) in [5.74, 6) is -3.32. The predicted molar refractivity (Wildman–Crippen MR) is 112 cm³/mol. The monoisotopic (exact) mass is 478 g/mol. The van der Waals surface area contributed by atoms with Crippen LogP contribution in [0.5, 0.6) is 0 Å². The molecular weight excluding hydrogens is 460 g/mol. The average Bonchev–Trinajstić information content (AvgIpc) is 2.78. The number of rotatable bonds is 9. The Morgan fingerprint density at radius 3 is 2.82 bits per heavy atom. The minimum Gasteiger partial charge on any atom is -0.477 e. The standard InChI is InChI=1S/C18H18N6O8S/c1-8(26)32-5-9-6-33-17-12(16(28)24(17)13(9)18(29)30)22-15(27)11(23-31-2)14-19-4-3-10(21-14)20-7-25/h3-4,7,12,17H,5-6H2,1-2H3,(H,22,27)(H,29,30)(H,19,20,21,25)/b23-11-/t12?,17-/m1/s1. The third kappa shape index (κ3) is 4.92. The molecule has 1 aromatic rings. The first-order chi connectivity index (χ1) is 15.8. The molecule has 0 saturated carbocycles. The van der Waals surface area contributed by atoms with Gasteiger partial charge in [0.05, 0.1) is 0 Å². The van der Waals surface area contributed by atoms with E-state index < -0.39 is 35.2 Å². The lowest BCUT2D eigenvalue weighted by Crippen LogP contribution is -2.71. The fourth-order valence-corrected chi connectivity index (χ4v) is 4.41. The Labute approximate surface area is 190 Å². The Morgan fingerprint density at radius 2 is 2.18 bits per heavy atom. The molecule has 2 aliphatic heterocycles. The molecule has 0 spiro atoms. The molecule has 2 atom stereocenters. The van der Waals surface area contributed by atoms with Crippen molar-refractivity contribution in [3.05, 3.63) is 29.4 Å². The number of anilines is 1. The van der Waals surface area contributed by atoms with Crippen molar-refractivity contribution in [2.45, 2.75) is 18.3 Å². The first-order valence-electron chi connectivity index (χ1n) is 9.27. The van der Waals surface area contributed by atoms with Gasteiger partial charge in [0.2, 0.25) is 12.1 Å². The molecule has 174 valence electrons. The zero-order valence-electron chi connectivity index (χ0n) is 17.3. The van der Waals surface area contributed by atoms with E-state index in [0.29, 0.717) is 6.41 Å². The van der Waals surface area contributed by atoms with E-state index in [9.17, 15) is 29.1 Å². The molecular formula is C18H18N6O8S. The smallest absolute Gasteiger partial charge is 0.352 e. The van der Waals surface area contributed by atoms with Gasteiger partial charge in [-0.25, -0.2) is 14.8 Å². The van der Waals surface area contributed by atoms with Crippen LogP contribution in [-0.4, -0.2) is 86.7 Å². The van der Waals surface area contributed by atoms with Crippen LogP contribution in [0.15, 0.2) is 28.7 Å². The number of aliphatic carboxylic acids is 1. The molecule has 3 rings (SSSR count). The van der Waals surface area contributed by atoms with Crippen molar-refractivity contribution >= 4 is 53.5 Å². The van der Waals surface area contributed by atoms with Gasteiger partial charge in [-0.15, -0.1) is 11.8 Å². The van der Waals surface area contributed by atoms with Gasteiger partial charge in [-0.2, -0.15) is 0 Å². The van der Waals surface area contributed by atoms with Crippen LogP contribution in [0.2, 0.25) is 0 Å². The Hall–Kier alpha value is -4.01. The third-order valence-corrected chi connectivity index (χ3v) is 5.80. The van der Waals surface area contributed by atoms with E-state index in [4.69, 9.17) is 4.74 Å². The number of aromatic nitrogens is 2. The second-order valence-electron chi connectivity index (χ2n) is 6.55. The second kappa shape index (κ2) is 10.1. The number of hydrogen-bond donors (Lipinski definition) is 3. The number of fused-ring (bicyclic) bond motifs is 1. The summed E-state index contributed by atoms with van der Waals surface area (Å²) >= 11 is 1.20. The molecule has 1 aromatic heterocycles. The first-order valence-corrected chi connectivity index (χ1v) is 10.3. The summed E-state index contributed by atoms with van der Waals surface area (Å²) in [6.07, 6.45) is 1.68. The topological polar surface area (TPSA) is 189 Å². The molecule has 3 heterocycles. The Kier molecular flexibility index (Phi) is 7.22. The molecule has 3 amide bonds. The molecule has 1 saturated heterocycles. The van der Waals surface area contributed by atoms with Gasteiger partial charge in [0.15, 0.2) is 5.82 Å². The van der Waals surface area contributed by atoms with Crippen molar-refractivity contribution in [3.8, 4) is 0 Å². The Balaban J connectivity index is 1.79. The highest BCUT2D eigenvalue weighted by atomic mass is 32.2. The second-order valence-corrected chi connectivity index (χ2v) is 7.65. The molecule has 0 aliphatic carbocycles. The summed E-state index contributed by atoms with van der Waals surface area (Å²) in [7, 11) is 1.20. The highest BCUT2D eigenvalue weighted by Crippen LogP contribution is 2.40. The molecule has 3 N–H and O–H groups in total. The Morgan fingerprint density at radius 1 is 1.42 bits per heavy atom. The number of nitrogens with zero attached hydrogens (tertiary/aromatic N) is 4. The lowest BCUT2D eigenvalue weighted by molar-refractivity contribution is -0.150. The molecule has 1 unspecified atom stereocenters. The number of ether oxygens (including phenoxy) is 1. The number of nitrogens with one attached hydrogen (secondary N) is 2. The maximum absolute atomic E-state index is 12.8. The lowest BCUT2D eigenvalue weighted by atomic mass is 10.0. The third-order valence-electron chi connectivity index (χ3n) is 4.46. The number of carbonyl (C=O) groups excluding carboxylic acids is 4. The van der Waals surface area contributed by atoms with Gasteiger partial charge in [0.25, 0.3) is 11.8 Å². The summed E-state index contributed by atoms with van der Waals surface area (Å²) in [5, 5.41) is 17.3.